The highest BCUT2D eigenvalue weighted by Crippen LogP contribution is 2.25. The van der Waals surface area contributed by atoms with Crippen molar-refractivity contribution in [1.82, 2.24) is 10.6 Å². The Balaban J connectivity index is 1.61. The molecule has 10 heteroatoms. The number of carbonyl (C=O) groups excluding carboxylic acids is 2. The van der Waals surface area contributed by atoms with E-state index in [0.717, 1.165) is 6.07 Å². The topological polar surface area (TPSA) is 79.5 Å². The Kier molecular flexibility index (Phi) is 9.23. The van der Waals surface area contributed by atoms with Gasteiger partial charge in [-0.15, -0.1) is 0 Å². The molecule has 2 aromatic rings. The second-order valence-electron chi connectivity index (χ2n) is 6.13. The van der Waals surface area contributed by atoms with Crippen molar-refractivity contribution >= 4 is 52.4 Å². The van der Waals surface area contributed by atoms with Crippen molar-refractivity contribution in [1.29, 1.82) is 0 Å². The molecule has 0 aliphatic rings. The van der Waals surface area contributed by atoms with Crippen LogP contribution in [0.25, 0.3) is 0 Å². The summed E-state index contributed by atoms with van der Waals surface area (Å²) in [6, 6.07) is 8.26. The van der Waals surface area contributed by atoms with E-state index >= 15 is 0 Å². The minimum Gasteiger partial charge on any atom is -0.484 e. The van der Waals surface area contributed by atoms with Crippen LogP contribution >= 0.6 is 34.8 Å². The van der Waals surface area contributed by atoms with Crippen LogP contribution in [0.3, 0.4) is 0 Å². The Hall–Kier alpha value is -2.48. The lowest BCUT2D eigenvalue weighted by atomic mass is 10.2. The van der Waals surface area contributed by atoms with E-state index in [1.54, 1.807) is 18.2 Å². The standard InChI is InChI=1S/C20H19Cl3FN3O3/c1-12(26-19(28)11-30-14-5-7-16(22)18(24)10-14)3-2-8-25-20(29)27-13-4-6-15(21)17(23)9-13/h4-7,9-10H,1-3,8,11H2,(H,26,28)(H2,25,27,29). The lowest BCUT2D eigenvalue weighted by molar-refractivity contribution is -0.122. The van der Waals surface area contributed by atoms with Crippen LogP contribution in [-0.2, 0) is 4.79 Å². The Bertz CT molecular complexity index is 941. The van der Waals surface area contributed by atoms with Gasteiger partial charge in [-0.05, 0) is 43.2 Å². The number of halogens is 4. The third-order valence-corrected chi connectivity index (χ3v) is 4.74. The molecule has 6 nitrogen and oxygen atoms in total. The zero-order valence-corrected chi connectivity index (χ0v) is 18.0. The first-order chi connectivity index (χ1) is 14.2. The fourth-order valence-corrected chi connectivity index (χ4v) is 2.68. The number of amides is 3. The molecule has 0 unspecified atom stereocenters. The predicted octanol–water partition coefficient (Wildman–Crippen LogP) is 5.40. The molecule has 160 valence electrons. The van der Waals surface area contributed by atoms with E-state index in [4.69, 9.17) is 39.5 Å². The number of hydrogen-bond donors (Lipinski definition) is 3. The summed E-state index contributed by atoms with van der Waals surface area (Å²) in [6.45, 7) is 3.82. The molecule has 2 aromatic carbocycles. The van der Waals surface area contributed by atoms with Gasteiger partial charge in [0.25, 0.3) is 5.91 Å². The number of nitrogens with one attached hydrogen (secondary N) is 3. The lowest BCUT2D eigenvalue weighted by Crippen LogP contribution is -2.31. The van der Waals surface area contributed by atoms with Crippen molar-refractivity contribution in [2.24, 2.45) is 0 Å². The van der Waals surface area contributed by atoms with Crippen molar-refractivity contribution in [2.45, 2.75) is 12.8 Å². The minimum atomic E-state index is -0.630. The smallest absolute Gasteiger partial charge is 0.319 e. The van der Waals surface area contributed by atoms with Crippen molar-refractivity contribution in [3.8, 4) is 5.75 Å². The summed E-state index contributed by atoms with van der Waals surface area (Å²) in [4.78, 5) is 23.7. The molecule has 30 heavy (non-hydrogen) atoms. The third kappa shape index (κ3) is 8.10. The molecule has 0 atom stereocenters. The summed E-state index contributed by atoms with van der Waals surface area (Å²) in [7, 11) is 0. The number of allylic oxidation sites excluding steroid dienone is 1. The third-order valence-electron chi connectivity index (χ3n) is 3.70. The largest absolute Gasteiger partial charge is 0.484 e. The average molecular weight is 475 g/mol. The molecule has 2 rings (SSSR count). The van der Waals surface area contributed by atoms with Crippen LogP contribution in [0, 0.1) is 5.82 Å². The molecule has 3 amide bonds. The number of rotatable bonds is 9. The highest BCUT2D eigenvalue weighted by Gasteiger charge is 2.08. The van der Waals surface area contributed by atoms with E-state index < -0.39 is 17.8 Å². The Morgan fingerprint density at radius 3 is 2.47 bits per heavy atom. The van der Waals surface area contributed by atoms with Crippen LogP contribution in [0.2, 0.25) is 15.1 Å². The maximum Gasteiger partial charge on any atom is 0.319 e. The summed E-state index contributed by atoms with van der Waals surface area (Å²) in [5.74, 6) is -0.870. The summed E-state index contributed by atoms with van der Waals surface area (Å²) in [6.07, 6.45) is 1.01. The van der Waals surface area contributed by atoms with E-state index in [-0.39, 0.29) is 17.4 Å². The molecule has 0 aliphatic carbocycles. The highest BCUT2D eigenvalue weighted by molar-refractivity contribution is 6.42. The molecule has 0 saturated carbocycles. The van der Waals surface area contributed by atoms with E-state index in [9.17, 15) is 14.0 Å². The SMILES string of the molecule is C=C(CCCNC(=O)Nc1ccc(Cl)c(Cl)c1)NC(=O)COc1ccc(Cl)c(F)c1. The van der Waals surface area contributed by atoms with Crippen LogP contribution in [0.5, 0.6) is 5.75 Å². The van der Waals surface area contributed by atoms with Crippen LogP contribution in [0.4, 0.5) is 14.9 Å². The summed E-state index contributed by atoms with van der Waals surface area (Å²) >= 11 is 17.3. The van der Waals surface area contributed by atoms with Gasteiger partial charge in [-0.25, -0.2) is 9.18 Å². The molecule has 0 fully saturated rings. The van der Waals surface area contributed by atoms with Crippen LogP contribution in [0.15, 0.2) is 48.7 Å². The summed E-state index contributed by atoms with van der Waals surface area (Å²) in [5.41, 5.74) is 0.983. The molecular weight excluding hydrogens is 456 g/mol. The Morgan fingerprint density at radius 1 is 1.03 bits per heavy atom. The number of hydrogen-bond acceptors (Lipinski definition) is 3. The maximum absolute atomic E-state index is 13.3. The lowest BCUT2D eigenvalue weighted by Gasteiger charge is -2.11. The predicted molar refractivity (Wildman–Crippen MR) is 117 cm³/mol. The normalized spacial score (nSPS) is 10.3. The number of anilines is 1. The van der Waals surface area contributed by atoms with Crippen LogP contribution in [-0.4, -0.2) is 25.1 Å². The summed E-state index contributed by atoms with van der Waals surface area (Å²) in [5, 5.41) is 8.60. The van der Waals surface area contributed by atoms with Crippen LogP contribution < -0.4 is 20.7 Å². The molecule has 0 bridgehead atoms. The molecule has 0 radical (unpaired) electrons. The van der Waals surface area contributed by atoms with Gasteiger partial charge in [-0.3, -0.25) is 4.79 Å². The average Bonchev–Trinajstić information content (AvgIpc) is 2.69. The van der Waals surface area contributed by atoms with Gasteiger partial charge in [-0.1, -0.05) is 41.4 Å². The van der Waals surface area contributed by atoms with Gasteiger partial charge < -0.3 is 20.7 Å². The Morgan fingerprint density at radius 2 is 1.77 bits per heavy atom. The minimum absolute atomic E-state index is 0.0283. The first-order valence-electron chi connectivity index (χ1n) is 8.80. The zero-order chi connectivity index (χ0) is 22.1. The van der Waals surface area contributed by atoms with Gasteiger partial charge in [0, 0.05) is 24.0 Å². The molecule has 3 N–H and O–H groups in total. The molecule has 0 saturated heterocycles. The van der Waals surface area contributed by atoms with Crippen molar-refractivity contribution in [3.05, 3.63) is 69.6 Å². The molecule has 0 spiro atoms. The molecular formula is C20H19Cl3FN3O3. The number of ether oxygens (including phenoxy) is 1. The number of urea groups is 1. The van der Waals surface area contributed by atoms with E-state index in [2.05, 4.69) is 22.5 Å². The van der Waals surface area contributed by atoms with Gasteiger partial charge >= 0.3 is 6.03 Å². The second kappa shape index (κ2) is 11.6. The maximum atomic E-state index is 13.3. The quantitative estimate of drug-likeness (QED) is 0.426. The first-order valence-corrected chi connectivity index (χ1v) is 9.93. The molecule has 0 heterocycles. The monoisotopic (exact) mass is 473 g/mol. The zero-order valence-electron chi connectivity index (χ0n) is 15.7. The Labute approximate surface area is 188 Å². The molecule has 0 aromatic heterocycles. The van der Waals surface area contributed by atoms with Gasteiger partial charge in [-0.2, -0.15) is 0 Å². The van der Waals surface area contributed by atoms with E-state index in [0.29, 0.717) is 40.8 Å². The highest BCUT2D eigenvalue weighted by atomic mass is 35.5. The number of carbonyl (C=O) groups is 2. The fraction of sp³-hybridized carbons (Fsp3) is 0.200. The van der Waals surface area contributed by atoms with Crippen molar-refractivity contribution in [3.63, 3.8) is 0 Å². The van der Waals surface area contributed by atoms with E-state index in [1.807, 2.05) is 0 Å². The van der Waals surface area contributed by atoms with E-state index in [1.165, 1.54) is 12.1 Å². The first kappa shape index (κ1) is 23.8. The van der Waals surface area contributed by atoms with Gasteiger partial charge in [0.2, 0.25) is 0 Å². The van der Waals surface area contributed by atoms with Gasteiger partial charge in [0.05, 0.1) is 15.1 Å². The number of benzene rings is 2. The summed E-state index contributed by atoms with van der Waals surface area (Å²) < 4.78 is 18.5. The van der Waals surface area contributed by atoms with Crippen LogP contribution in [0.1, 0.15) is 12.8 Å². The van der Waals surface area contributed by atoms with Crippen molar-refractivity contribution in [2.75, 3.05) is 18.5 Å². The molecule has 0 aliphatic heterocycles. The van der Waals surface area contributed by atoms with Crippen molar-refractivity contribution < 1.29 is 18.7 Å². The van der Waals surface area contributed by atoms with Gasteiger partial charge in [0.1, 0.15) is 11.6 Å². The second-order valence-corrected chi connectivity index (χ2v) is 7.35. The fourth-order valence-electron chi connectivity index (χ4n) is 2.26. The van der Waals surface area contributed by atoms with Gasteiger partial charge in [0.15, 0.2) is 6.61 Å².